The molecule has 7 heteroatoms. The van der Waals surface area contributed by atoms with Crippen molar-refractivity contribution >= 4 is 34.8 Å². The van der Waals surface area contributed by atoms with Gasteiger partial charge >= 0.3 is 0 Å². The molecule has 0 aliphatic heterocycles. The van der Waals surface area contributed by atoms with Gasteiger partial charge in [-0.25, -0.2) is 9.67 Å². The smallest absolute Gasteiger partial charge is 0.295 e. The lowest BCUT2D eigenvalue weighted by molar-refractivity contribution is 0.101. The molecule has 0 spiro atoms. The molecule has 156 valence electrons. The van der Waals surface area contributed by atoms with Crippen molar-refractivity contribution in [1.29, 1.82) is 0 Å². The van der Waals surface area contributed by atoms with Gasteiger partial charge in [-0.3, -0.25) is 4.79 Å². The van der Waals surface area contributed by atoms with E-state index in [2.05, 4.69) is 15.4 Å². The molecule has 0 bridgehead atoms. The first-order valence-corrected chi connectivity index (χ1v) is 10.5. The normalized spacial score (nSPS) is 10.9. The maximum atomic E-state index is 13.0. The van der Waals surface area contributed by atoms with E-state index in [1.807, 2.05) is 63.2 Å². The average Bonchev–Trinajstić information content (AvgIpc) is 3.18. The second-order valence-electron chi connectivity index (χ2n) is 7.38. The molecule has 4 aromatic rings. The van der Waals surface area contributed by atoms with Crippen molar-refractivity contribution in [2.45, 2.75) is 20.8 Å². The summed E-state index contributed by atoms with van der Waals surface area (Å²) in [7, 11) is 0. The van der Waals surface area contributed by atoms with Crippen molar-refractivity contribution < 1.29 is 4.79 Å². The molecule has 0 fully saturated rings. The zero-order valence-corrected chi connectivity index (χ0v) is 18.8. The molecule has 0 atom stereocenters. The Kier molecular flexibility index (Phi) is 5.81. The minimum Gasteiger partial charge on any atom is -0.319 e. The summed E-state index contributed by atoms with van der Waals surface area (Å²) in [5.41, 5.74) is 5.29. The molecule has 1 heterocycles. The minimum atomic E-state index is -0.388. The largest absolute Gasteiger partial charge is 0.319 e. The van der Waals surface area contributed by atoms with E-state index in [1.165, 1.54) is 0 Å². The van der Waals surface area contributed by atoms with Gasteiger partial charge in [-0.05, 0) is 74.4 Å². The van der Waals surface area contributed by atoms with Crippen molar-refractivity contribution in [1.82, 2.24) is 14.8 Å². The van der Waals surface area contributed by atoms with Gasteiger partial charge in [0.05, 0.1) is 5.69 Å². The topological polar surface area (TPSA) is 59.8 Å². The highest BCUT2D eigenvalue weighted by atomic mass is 35.5. The number of amides is 1. The highest BCUT2D eigenvalue weighted by Gasteiger charge is 2.20. The number of nitrogens with zero attached hydrogens (tertiary/aromatic N) is 3. The summed E-state index contributed by atoms with van der Waals surface area (Å²) in [5.74, 6) is 0.192. The summed E-state index contributed by atoms with van der Waals surface area (Å²) in [5, 5.41) is 8.62. The number of carbonyl (C=O) groups is 1. The molecular weight excluding hydrogens is 431 g/mol. The molecule has 0 aliphatic carbocycles. The van der Waals surface area contributed by atoms with Crippen molar-refractivity contribution in [3.8, 4) is 17.1 Å². The molecule has 0 saturated carbocycles. The van der Waals surface area contributed by atoms with Crippen LogP contribution in [-0.2, 0) is 0 Å². The Balaban J connectivity index is 1.80. The quantitative estimate of drug-likeness (QED) is 0.390. The Morgan fingerprint density at radius 2 is 1.58 bits per heavy atom. The first-order chi connectivity index (χ1) is 14.8. The van der Waals surface area contributed by atoms with Gasteiger partial charge in [0.25, 0.3) is 5.91 Å². The van der Waals surface area contributed by atoms with Gasteiger partial charge in [0.2, 0.25) is 5.82 Å². The lowest BCUT2D eigenvalue weighted by Crippen LogP contribution is -2.15. The number of rotatable bonds is 4. The van der Waals surface area contributed by atoms with E-state index in [1.54, 1.807) is 22.9 Å². The molecular formula is C24H20Cl2N4O. The molecule has 5 nitrogen and oxygen atoms in total. The molecule has 31 heavy (non-hydrogen) atoms. The lowest BCUT2D eigenvalue weighted by atomic mass is 10.1. The van der Waals surface area contributed by atoms with Crippen molar-refractivity contribution in [2.75, 3.05) is 5.32 Å². The Labute approximate surface area is 190 Å². The number of carbonyl (C=O) groups excluding carboxylic acids is 1. The van der Waals surface area contributed by atoms with Crippen LogP contribution in [0.2, 0.25) is 10.0 Å². The van der Waals surface area contributed by atoms with Crippen LogP contribution in [0.25, 0.3) is 17.1 Å². The number of hydrogen-bond donors (Lipinski definition) is 1. The molecule has 4 rings (SSSR count). The van der Waals surface area contributed by atoms with E-state index in [9.17, 15) is 4.79 Å². The van der Waals surface area contributed by atoms with Gasteiger partial charge in [-0.15, -0.1) is 5.10 Å². The van der Waals surface area contributed by atoms with Gasteiger partial charge < -0.3 is 5.32 Å². The Bertz CT molecular complexity index is 1280. The predicted molar refractivity (Wildman–Crippen MR) is 125 cm³/mol. The zero-order chi connectivity index (χ0) is 22.1. The number of anilines is 1. The summed E-state index contributed by atoms with van der Waals surface area (Å²) < 4.78 is 1.64. The highest BCUT2D eigenvalue weighted by Crippen LogP contribution is 2.27. The maximum absolute atomic E-state index is 13.0. The van der Waals surface area contributed by atoms with E-state index in [-0.39, 0.29) is 11.7 Å². The summed E-state index contributed by atoms with van der Waals surface area (Å²) in [4.78, 5) is 17.5. The van der Waals surface area contributed by atoms with Crippen LogP contribution in [0, 0.1) is 20.8 Å². The summed E-state index contributed by atoms with van der Waals surface area (Å²) in [6, 6.07) is 18.6. The van der Waals surface area contributed by atoms with Crippen LogP contribution in [-0.4, -0.2) is 20.7 Å². The Morgan fingerprint density at radius 1 is 0.871 bits per heavy atom. The van der Waals surface area contributed by atoms with Crippen LogP contribution < -0.4 is 5.32 Å². The van der Waals surface area contributed by atoms with Gasteiger partial charge in [-0.1, -0.05) is 47.0 Å². The Hall–Kier alpha value is -3.15. The number of aryl methyl sites for hydroxylation is 3. The van der Waals surface area contributed by atoms with Crippen LogP contribution in [0.3, 0.4) is 0 Å². The number of nitrogens with one attached hydrogen (secondary N) is 1. The summed E-state index contributed by atoms with van der Waals surface area (Å²) in [6.07, 6.45) is 0. The molecule has 0 aliphatic rings. The maximum Gasteiger partial charge on any atom is 0.295 e. The summed E-state index contributed by atoms with van der Waals surface area (Å²) in [6.45, 7) is 5.91. The summed E-state index contributed by atoms with van der Waals surface area (Å²) >= 11 is 12.3. The van der Waals surface area contributed by atoms with Crippen LogP contribution in [0.4, 0.5) is 5.69 Å². The first-order valence-electron chi connectivity index (χ1n) is 9.70. The molecule has 1 amide bonds. The molecule has 0 unspecified atom stereocenters. The van der Waals surface area contributed by atoms with Gasteiger partial charge in [-0.2, -0.15) is 0 Å². The van der Waals surface area contributed by atoms with Gasteiger partial charge in [0, 0.05) is 21.3 Å². The van der Waals surface area contributed by atoms with Crippen molar-refractivity contribution in [3.05, 3.63) is 93.2 Å². The third-order valence-electron chi connectivity index (χ3n) is 4.94. The van der Waals surface area contributed by atoms with E-state index < -0.39 is 0 Å². The van der Waals surface area contributed by atoms with Crippen molar-refractivity contribution in [3.63, 3.8) is 0 Å². The molecule has 3 aromatic carbocycles. The van der Waals surface area contributed by atoms with E-state index in [0.717, 1.165) is 33.6 Å². The number of hydrogen-bond acceptors (Lipinski definition) is 3. The molecule has 1 N–H and O–H groups in total. The fourth-order valence-corrected chi connectivity index (χ4v) is 3.60. The SMILES string of the molecule is Cc1ccc(NC(=O)c2nc(-c3ccc(Cl)cc3)n(-c3cc(Cl)ccc3C)n2)c(C)c1. The Morgan fingerprint density at radius 3 is 2.29 bits per heavy atom. The number of aromatic nitrogens is 3. The molecule has 0 radical (unpaired) electrons. The number of halogens is 2. The monoisotopic (exact) mass is 450 g/mol. The van der Waals surface area contributed by atoms with Crippen LogP contribution in [0.1, 0.15) is 27.3 Å². The molecule has 0 saturated heterocycles. The minimum absolute atomic E-state index is 0.0595. The van der Waals surface area contributed by atoms with Gasteiger partial charge in [0.15, 0.2) is 5.82 Å². The van der Waals surface area contributed by atoms with E-state index in [4.69, 9.17) is 23.2 Å². The zero-order valence-electron chi connectivity index (χ0n) is 17.3. The lowest BCUT2D eigenvalue weighted by Gasteiger charge is -2.09. The fourth-order valence-electron chi connectivity index (χ4n) is 3.30. The van der Waals surface area contributed by atoms with Crippen molar-refractivity contribution in [2.24, 2.45) is 0 Å². The molecule has 1 aromatic heterocycles. The fraction of sp³-hybridized carbons (Fsp3) is 0.125. The van der Waals surface area contributed by atoms with Crippen LogP contribution >= 0.6 is 23.2 Å². The van der Waals surface area contributed by atoms with E-state index >= 15 is 0 Å². The van der Waals surface area contributed by atoms with E-state index in [0.29, 0.717) is 15.9 Å². The first kappa shape index (κ1) is 21.1. The highest BCUT2D eigenvalue weighted by molar-refractivity contribution is 6.31. The standard InChI is InChI=1S/C24H20Cl2N4O/c1-14-4-11-20(16(3)12-14)27-24(31)22-28-23(17-6-9-18(25)10-7-17)30(29-22)21-13-19(26)8-5-15(21)2/h4-13H,1-3H3,(H,27,31). The average molecular weight is 451 g/mol. The third-order valence-corrected chi connectivity index (χ3v) is 5.43. The predicted octanol–water partition coefficient (Wildman–Crippen LogP) is 6.42. The third kappa shape index (κ3) is 4.48. The van der Waals surface area contributed by atoms with Gasteiger partial charge in [0.1, 0.15) is 0 Å². The second kappa shape index (κ2) is 8.53. The van der Waals surface area contributed by atoms with Crippen LogP contribution in [0.15, 0.2) is 60.7 Å². The second-order valence-corrected chi connectivity index (χ2v) is 8.25. The van der Waals surface area contributed by atoms with Crippen LogP contribution in [0.5, 0.6) is 0 Å². The number of benzene rings is 3.